The minimum absolute atomic E-state index is 0.483. The zero-order valence-corrected chi connectivity index (χ0v) is 9.74. The predicted octanol–water partition coefficient (Wildman–Crippen LogP) is 3.53. The first-order valence-corrected chi connectivity index (χ1v) is 6.08. The second-order valence-corrected chi connectivity index (χ2v) is 4.81. The molecule has 1 nitrogen and oxygen atoms in total. The smallest absolute Gasteiger partial charge is 0.0294 e. The maximum absolute atomic E-state index is 3.74. The summed E-state index contributed by atoms with van der Waals surface area (Å²) < 4.78 is 0. The summed E-state index contributed by atoms with van der Waals surface area (Å²) in [6.07, 6.45) is 4.12. The fourth-order valence-corrected chi connectivity index (χ4v) is 2.55. The molecule has 15 heavy (non-hydrogen) atoms. The predicted molar refractivity (Wildman–Crippen MR) is 64.8 cm³/mol. The summed E-state index contributed by atoms with van der Waals surface area (Å²) in [5.74, 6) is 0.844. The van der Waals surface area contributed by atoms with Gasteiger partial charge in [-0.25, -0.2) is 0 Å². The number of hydrogen-bond acceptors (Lipinski definition) is 1. The zero-order valence-electron chi connectivity index (χ0n) is 9.74. The molecule has 1 aliphatic carbocycles. The van der Waals surface area contributed by atoms with E-state index in [1.165, 1.54) is 24.8 Å². The van der Waals surface area contributed by atoms with Crippen LogP contribution in [0.4, 0.5) is 0 Å². The Hall–Kier alpha value is -0.820. The minimum Gasteiger partial charge on any atom is -0.307 e. The van der Waals surface area contributed by atoms with E-state index in [9.17, 15) is 0 Å². The first-order valence-electron chi connectivity index (χ1n) is 6.08. The summed E-state index contributed by atoms with van der Waals surface area (Å²) in [6.45, 7) is 4.63. The molecule has 1 aromatic rings. The lowest BCUT2D eigenvalue weighted by molar-refractivity contribution is 0.388. The van der Waals surface area contributed by atoms with Crippen LogP contribution in [-0.4, -0.2) is 6.04 Å². The molecule has 1 aromatic carbocycles. The van der Waals surface area contributed by atoms with E-state index < -0.39 is 0 Å². The highest BCUT2D eigenvalue weighted by Crippen LogP contribution is 2.27. The second-order valence-electron chi connectivity index (χ2n) is 4.81. The highest BCUT2D eigenvalue weighted by molar-refractivity contribution is 5.18. The molecule has 2 rings (SSSR count). The molecule has 1 fully saturated rings. The molecule has 1 aliphatic rings. The van der Waals surface area contributed by atoms with Gasteiger partial charge in [0.05, 0.1) is 0 Å². The topological polar surface area (TPSA) is 12.0 Å². The monoisotopic (exact) mass is 203 g/mol. The van der Waals surface area contributed by atoms with Crippen LogP contribution < -0.4 is 5.32 Å². The first kappa shape index (κ1) is 10.7. The van der Waals surface area contributed by atoms with E-state index in [4.69, 9.17) is 0 Å². The van der Waals surface area contributed by atoms with Crippen LogP contribution >= 0.6 is 0 Å². The summed E-state index contributed by atoms with van der Waals surface area (Å²) in [5.41, 5.74) is 1.40. The van der Waals surface area contributed by atoms with Gasteiger partial charge in [-0.3, -0.25) is 0 Å². The fourth-order valence-electron chi connectivity index (χ4n) is 2.55. The Bertz CT molecular complexity index is 293. The lowest BCUT2D eigenvalue weighted by Gasteiger charge is -2.23. The second kappa shape index (κ2) is 4.80. The molecule has 0 radical (unpaired) electrons. The van der Waals surface area contributed by atoms with Crippen molar-refractivity contribution in [2.45, 2.75) is 45.2 Å². The number of rotatable bonds is 3. The Kier molecular flexibility index (Phi) is 3.42. The molecule has 0 saturated heterocycles. The zero-order chi connectivity index (χ0) is 10.7. The van der Waals surface area contributed by atoms with Crippen molar-refractivity contribution in [1.29, 1.82) is 0 Å². The molecule has 0 unspecified atom stereocenters. The van der Waals surface area contributed by atoms with Gasteiger partial charge in [-0.15, -0.1) is 0 Å². The van der Waals surface area contributed by atoms with Crippen molar-refractivity contribution in [3.05, 3.63) is 35.9 Å². The van der Waals surface area contributed by atoms with E-state index in [1.807, 2.05) is 0 Å². The summed E-state index contributed by atoms with van der Waals surface area (Å²) in [6, 6.07) is 11.9. The third-order valence-electron chi connectivity index (χ3n) is 3.63. The normalized spacial score (nSPS) is 27.9. The molecule has 1 saturated carbocycles. The maximum Gasteiger partial charge on any atom is 0.0294 e. The van der Waals surface area contributed by atoms with E-state index in [0.717, 1.165) is 12.0 Å². The number of hydrogen-bond donors (Lipinski definition) is 1. The first-order chi connectivity index (χ1) is 7.27. The molecule has 3 atom stereocenters. The Labute approximate surface area is 92.9 Å². The van der Waals surface area contributed by atoms with Crippen molar-refractivity contribution in [3.8, 4) is 0 Å². The lowest BCUT2D eigenvalue weighted by atomic mass is 10.0. The highest BCUT2D eigenvalue weighted by Gasteiger charge is 2.24. The Balaban J connectivity index is 1.95. The third kappa shape index (κ3) is 2.60. The van der Waals surface area contributed by atoms with E-state index in [-0.39, 0.29) is 0 Å². The van der Waals surface area contributed by atoms with Gasteiger partial charge < -0.3 is 5.32 Å². The summed E-state index contributed by atoms with van der Waals surface area (Å²) in [4.78, 5) is 0. The van der Waals surface area contributed by atoms with E-state index >= 15 is 0 Å². The van der Waals surface area contributed by atoms with E-state index in [2.05, 4.69) is 49.5 Å². The van der Waals surface area contributed by atoms with Crippen molar-refractivity contribution >= 4 is 0 Å². The quantitative estimate of drug-likeness (QED) is 0.792. The van der Waals surface area contributed by atoms with Crippen LogP contribution in [0.1, 0.15) is 44.7 Å². The van der Waals surface area contributed by atoms with Gasteiger partial charge in [-0.05, 0) is 31.2 Å². The van der Waals surface area contributed by atoms with Crippen LogP contribution in [0.5, 0.6) is 0 Å². The molecule has 0 bridgehead atoms. The van der Waals surface area contributed by atoms with Crippen molar-refractivity contribution in [1.82, 2.24) is 5.32 Å². The highest BCUT2D eigenvalue weighted by atomic mass is 15.0. The van der Waals surface area contributed by atoms with Crippen LogP contribution in [0.25, 0.3) is 0 Å². The van der Waals surface area contributed by atoms with Crippen LogP contribution in [0.15, 0.2) is 30.3 Å². The molecule has 82 valence electrons. The van der Waals surface area contributed by atoms with Gasteiger partial charge in [-0.2, -0.15) is 0 Å². The minimum atomic E-state index is 0.483. The van der Waals surface area contributed by atoms with Crippen molar-refractivity contribution < 1.29 is 0 Å². The van der Waals surface area contributed by atoms with Gasteiger partial charge >= 0.3 is 0 Å². The molecule has 0 amide bonds. The van der Waals surface area contributed by atoms with Crippen molar-refractivity contribution in [2.24, 2.45) is 5.92 Å². The van der Waals surface area contributed by atoms with Gasteiger partial charge in [0.2, 0.25) is 0 Å². The molecular weight excluding hydrogens is 182 g/mol. The lowest BCUT2D eigenvalue weighted by Crippen LogP contribution is -2.33. The largest absolute Gasteiger partial charge is 0.307 e. The van der Waals surface area contributed by atoms with Gasteiger partial charge in [0.15, 0.2) is 0 Å². The molecule has 1 N–H and O–H groups in total. The van der Waals surface area contributed by atoms with Crippen LogP contribution in [0, 0.1) is 5.92 Å². The average Bonchev–Trinajstić information content (AvgIpc) is 2.66. The van der Waals surface area contributed by atoms with Gasteiger partial charge in [-0.1, -0.05) is 43.7 Å². The van der Waals surface area contributed by atoms with E-state index in [1.54, 1.807) is 0 Å². The maximum atomic E-state index is 3.74. The standard InChI is InChI=1S/C14H21N/c1-11-7-6-10-14(11)15-12(2)13-8-4-3-5-9-13/h3-5,8-9,11-12,14-15H,6-7,10H2,1-2H3/t11-,12+,14+/m0/s1. The summed E-state index contributed by atoms with van der Waals surface area (Å²) in [7, 11) is 0. The van der Waals surface area contributed by atoms with Crippen LogP contribution in [0.2, 0.25) is 0 Å². The van der Waals surface area contributed by atoms with Gasteiger partial charge in [0, 0.05) is 12.1 Å². The molecule has 0 aromatic heterocycles. The van der Waals surface area contributed by atoms with Crippen molar-refractivity contribution in [3.63, 3.8) is 0 Å². The van der Waals surface area contributed by atoms with E-state index in [0.29, 0.717) is 6.04 Å². The van der Waals surface area contributed by atoms with Gasteiger partial charge in [0.1, 0.15) is 0 Å². The molecule has 0 spiro atoms. The SMILES string of the molecule is C[C@@H](N[C@@H]1CCC[C@@H]1C)c1ccccc1. The van der Waals surface area contributed by atoms with Crippen LogP contribution in [0.3, 0.4) is 0 Å². The third-order valence-corrected chi connectivity index (χ3v) is 3.63. The molecule has 0 heterocycles. The average molecular weight is 203 g/mol. The molecule has 1 heteroatoms. The molecule has 0 aliphatic heterocycles. The Morgan fingerprint density at radius 2 is 1.93 bits per heavy atom. The Morgan fingerprint density at radius 1 is 1.20 bits per heavy atom. The fraction of sp³-hybridized carbons (Fsp3) is 0.571. The number of nitrogens with one attached hydrogen (secondary N) is 1. The van der Waals surface area contributed by atoms with Crippen LogP contribution in [-0.2, 0) is 0 Å². The Morgan fingerprint density at radius 3 is 2.53 bits per heavy atom. The van der Waals surface area contributed by atoms with Gasteiger partial charge in [0.25, 0.3) is 0 Å². The summed E-state index contributed by atoms with van der Waals surface area (Å²) in [5, 5.41) is 3.74. The van der Waals surface area contributed by atoms with Crippen molar-refractivity contribution in [2.75, 3.05) is 0 Å². The number of benzene rings is 1. The molecular formula is C14H21N. The summed E-state index contributed by atoms with van der Waals surface area (Å²) >= 11 is 0.